The average Bonchev–Trinajstić information content (AvgIpc) is 2.92. The Balaban J connectivity index is 2.04. The van der Waals surface area contributed by atoms with E-state index in [-0.39, 0.29) is 17.0 Å². The predicted octanol–water partition coefficient (Wildman–Crippen LogP) is 1.16. The highest BCUT2D eigenvalue weighted by molar-refractivity contribution is 7.89. The molecule has 3 heterocycles. The number of nitrogens with one attached hydrogen (secondary N) is 1. The highest BCUT2D eigenvalue weighted by Crippen LogP contribution is 2.25. The number of aromatic nitrogens is 2. The molecule has 2 atom stereocenters. The lowest BCUT2D eigenvalue weighted by Crippen LogP contribution is -2.57. The van der Waals surface area contributed by atoms with Crippen molar-refractivity contribution in [2.75, 3.05) is 13.1 Å². The van der Waals surface area contributed by atoms with E-state index < -0.39 is 10.0 Å². The van der Waals surface area contributed by atoms with E-state index in [0.29, 0.717) is 30.6 Å². The minimum atomic E-state index is -3.58. The van der Waals surface area contributed by atoms with Crippen molar-refractivity contribution in [1.82, 2.24) is 19.8 Å². The minimum absolute atomic E-state index is 0.109. The van der Waals surface area contributed by atoms with E-state index in [4.69, 9.17) is 4.52 Å². The molecule has 7 nitrogen and oxygen atoms in total. The molecule has 0 bridgehead atoms. The van der Waals surface area contributed by atoms with Crippen molar-refractivity contribution in [3.8, 4) is 0 Å². The zero-order valence-corrected chi connectivity index (χ0v) is 13.7. The maximum Gasteiger partial charge on any atom is 0.258 e. The molecule has 2 aromatic heterocycles. The summed E-state index contributed by atoms with van der Waals surface area (Å²) in [4.78, 5) is 4.30. The van der Waals surface area contributed by atoms with Crippen LogP contribution in [-0.4, -0.2) is 48.0 Å². The molecule has 0 aliphatic carbocycles. The standard InChI is InChI=1S/C14H20N4O3S/c1-4-13-12-7-11(8-16-14(12)21-17-13)22(19,20)18-6-5-15-9(2)10(18)3/h7-10,15H,4-6H2,1-3H3. The summed E-state index contributed by atoms with van der Waals surface area (Å²) < 4.78 is 32.5. The van der Waals surface area contributed by atoms with E-state index in [1.54, 1.807) is 6.07 Å². The molecule has 1 N–H and O–H groups in total. The summed E-state index contributed by atoms with van der Waals surface area (Å²) in [6, 6.07) is 1.62. The number of hydrogen-bond acceptors (Lipinski definition) is 6. The number of piperazine rings is 1. The van der Waals surface area contributed by atoms with Gasteiger partial charge in [0.05, 0.1) is 17.3 Å². The highest BCUT2D eigenvalue weighted by Gasteiger charge is 2.34. The van der Waals surface area contributed by atoms with Gasteiger partial charge in [-0.05, 0) is 26.3 Å². The third-order valence-corrected chi connectivity index (χ3v) is 6.25. The van der Waals surface area contributed by atoms with Crippen molar-refractivity contribution < 1.29 is 12.9 Å². The third-order valence-electron chi connectivity index (χ3n) is 4.30. The fraction of sp³-hybridized carbons (Fsp3) is 0.571. The molecule has 1 aliphatic rings. The first-order chi connectivity index (χ1) is 10.4. The Hall–Kier alpha value is -1.51. The number of nitrogens with zero attached hydrogens (tertiary/aromatic N) is 3. The van der Waals surface area contributed by atoms with Crippen molar-refractivity contribution in [1.29, 1.82) is 0 Å². The van der Waals surface area contributed by atoms with Gasteiger partial charge in [0.15, 0.2) is 0 Å². The second-order valence-electron chi connectivity index (χ2n) is 5.61. The van der Waals surface area contributed by atoms with Gasteiger partial charge in [-0.15, -0.1) is 0 Å². The summed E-state index contributed by atoms with van der Waals surface area (Å²) in [7, 11) is -3.58. The summed E-state index contributed by atoms with van der Waals surface area (Å²) in [6.07, 6.45) is 2.01. The van der Waals surface area contributed by atoms with Crippen LogP contribution in [0.25, 0.3) is 11.1 Å². The van der Waals surface area contributed by atoms with Crippen LogP contribution in [0.15, 0.2) is 21.7 Å². The molecule has 2 unspecified atom stereocenters. The smallest absolute Gasteiger partial charge is 0.258 e. The molecule has 0 saturated carbocycles. The molecule has 0 spiro atoms. The van der Waals surface area contributed by atoms with Crippen LogP contribution in [0.5, 0.6) is 0 Å². The van der Waals surface area contributed by atoms with Crippen LogP contribution in [0.3, 0.4) is 0 Å². The molecule has 8 heteroatoms. The summed E-state index contributed by atoms with van der Waals surface area (Å²) in [5, 5.41) is 7.87. The fourth-order valence-corrected chi connectivity index (χ4v) is 4.43. The van der Waals surface area contributed by atoms with Gasteiger partial charge in [-0.1, -0.05) is 12.1 Å². The van der Waals surface area contributed by atoms with Crippen molar-refractivity contribution in [2.45, 2.75) is 44.2 Å². The first kappa shape index (κ1) is 15.4. The van der Waals surface area contributed by atoms with E-state index in [1.165, 1.54) is 10.5 Å². The van der Waals surface area contributed by atoms with E-state index in [0.717, 1.165) is 5.69 Å². The van der Waals surface area contributed by atoms with Crippen LogP contribution in [0.1, 0.15) is 26.5 Å². The van der Waals surface area contributed by atoms with Gasteiger partial charge < -0.3 is 9.84 Å². The van der Waals surface area contributed by atoms with E-state index in [1.807, 2.05) is 20.8 Å². The summed E-state index contributed by atoms with van der Waals surface area (Å²) >= 11 is 0. The first-order valence-electron chi connectivity index (χ1n) is 7.44. The van der Waals surface area contributed by atoms with Gasteiger partial charge in [0.25, 0.3) is 5.71 Å². The van der Waals surface area contributed by atoms with Gasteiger partial charge >= 0.3 is 0 Å². The number of pyridine rings is 1. The zero-order chi connectivity index (χ0) is 15.9. The molecule has 0 aromatic carbocycles. The lowest BCUT2D eigenvalue weighted by Gasteiger charge is -2.37. The van der Waals surface area contributed by atoms with E-state index in [9.17, 15) is 8.42 Å². The largest absolute Gasteiger partial charge is 0.336 e. The molecular formula is C14H20N4O3S. The topological polar surface area (TPSA) is 88.3 Å². The molecule has 1 aliphatic heterocycles. The molecule has 1 fully saturated rings. The summed E-state index contributed by atoms with van der Waals surface area (Å²) in [5.41, 5.74) is 1.10. The Morgan fingerprint density at radius 1 is 1.45 bits per heavy atom. The minimum Gasteiger partial charge on any atom is -0.336 e. The summed E-state index contributed by atoms with van der Waals surface area (Å²) in [5.74, 6) is 0. The van der Waals surface area contributed by atoms with Gasteiger partial charge in [-0.3, -0.25) is 0 Å². The Kier molecular flexibility index (Phi) is 3.92. The van der Waals surface area contributed by atoms with E-state index in [2.05, 4.69) is 15.5 Å². The van der Waals surface area contributed by atoms with Crippen LogP contribution < -0.4 is 5.32 Å². The number of aryl methyl sites for hydroxylation is 1. The van der Waals surface area contributed by atoms with Gasteiger partial charge in [0.2, 0.25) is 10.0 Å². The maximum atomic E-state index is 12.9. The third kappa shape index (κ3) is 2.41. The van der Waals surface area contributed by atoms with Crippen molar-refractivity contribution in [3.63, 3.8) is 0 Å². The van der Waals surface area contributed by atoms with E-state index >= 15 is 0 Å². The zero-order valence-electron chi connectivity index (χ0n) is 12.9. The number of hydrogen-bond donors (Lipinski definition) is 1. The van der Waals surface area contributed by atoms with Gasteiger partial charge in [-0.25, -0.2) is 13.4 Å². The van der Waals surface area contributed by atoms with Crippen molar-refractivity contribution in [2.24, 2.45) is 0 Å². The quantitative estimate of drug-likeness (QED) is 0.911. The Morgan fingerprint density at radius 2 is 2.23 bits per heavy atom. The fourth-order valence-electron chi connectivity index (χ4n) is 2.76. The lowest BCUT2D eigenvalue weighted by molar-refractivity contribution is 0.233. The molecular weight excluding hydrogens is 304 g/mol. The molecule has 0 amide bonds. The molecule has 2 aromatic rings. The van der Waals surface area contributed by atoms with Gasteiger partial charge in [0, 0.05) is 25.2 Å². The second-order valence-corrected chi connectivity index (χ2v) is 7.50. The van der Waals surface area contributed by atoms with Crippen molar-refractivity contribution >= 4 is 21.1 Å². The SMILES string of the molecule is CCc1noc2ncc(S(=O)(=O)N3CCNC(C)C3C)cc12. The number of fused-ring (bicyclic) bond motifs is 1. The second kappa shape index (κ2) is 5.60. The highest BCUT2D eigenvalue weighted by atomic mass is 32.2. The Morgan fingerprint density at radius 3 is 2.95 bits per heavy atom. The van der Waals surface area contributed by atoms with Crippen LogP contribution in [0.4, 0.5) is 0 Å². The van der Waals surface area contributed by atoms with Crippen LogP contribution in [0.2, 0.25) is 0 Å². The molecule has 22 heavy (non-hydrogen) atoms. The van der Waals surface area contributed by atoms with Crippen LogP contribution in [0, 0.1) is 0 Å². The molecule has 120 valence electrons. The predicted molar refractivity (Wildman–Crippen MR) is 82.0 cm³/mol. The van der Waals surface area contributed by atoms with Crippen LogP contribution in [-0.2, 0) is 16.4 Å². The molecule has 1 saturated heterocycles. The first-order valence-corrected chi connectivity index (χ1v) is 8.88. The van der Waals surface area contributed by atoms with Crippen LogP contribution >= 0.6 is 0 Å². The lowest BCUT2D eigenvalue weighted by atomic mass is 10.1. The summed E-state index contributed by atoms with van der Waals surface area (Å²) in [6.45, 7) is 6.95. The number of sulfonamides is 1. The van der Waals surface area contributed by atoms with Gasteiger partial charge in [-0.2, -0.15) is 4.31 Å². The molecule has 3 rings (SSSR count). The normalized spacial score (nSPS) is 24.0. The maximum absolute atomic E-state index is 12.9. The van der Waals surface area contributed by atoms with Crippen molar-refractivity contribution in [3.05, 3.63) is 18.0 Å². The average molecular weight is 324 g/mol. The monoisotopic (exact) mass is 324 g/mol. The Labute approximate surface area is 129 Å². The Bertz CT molecular complexity index is 786. The van der Waals surface area contributed by atoms with Gasteiger partial charge in [0.1, 0.15) is 4.90 Å². The number of rotatable bonds is 3. The molecule has 0 radical (unpaired) electrons.